The lowest BCUT2D eigenvalue weighted by molar-refractivity contribution is -0.137. The van der Waals surface area contributed by atoms with Gasteiger partial charge in [0.2, 0.25) is 0 Å². The Balaban J connectivity index is 1.82. The van der Waals surface area contributed by atoms with Gasteiger partial charge >= 0.3 is 6.18 Å². The van der Waals surface area contributed by atoms with Gasteiger partial charge in [0.25, 0.3) is 5.91 Å². The summed E-state index contributed by atoms with van der Waals surface area (Å²) in [5.41, 5.74) is -0.931. The highest BCUT2D eigenvalue weighted by Gasteiger charge is 2.31. The number of amides is 1. The Bertz CT molecular complexity index is 1340. The minimum atomic E-state index is -4.57. The van der Waals surface area contributed by atoms with Crippen LogP contribution >= 0.6 is 11.3 Å². The summed E-state index contributed by atoms with van der Waals surface area (Å²) >= 11 is 0.836. The van der Waals surface area contributed by atoms with Crippen LogP contribution in [0, 0.1) is 25.5 Å². The predicted octanol–water partition coefficient (Wildman–Crippen LogP) is 6.63. The van der Waals surface area contributed by atoms with Crippen LogP contribution in [0.25, 0.3) is 21.9 Å². The standard InChI is InChI=1S/C22H14F5N3O2S/c1-10-18(32-11(2)28-10)17-19(12-5-3-6-13(9-12)22(25,26)27)33-21(29-17)30-20(31)16-14(23)7-4-8-15(16)24/h3-9H,1-2H3,(H,29,30,31). The number of nitrogens with one attached hydrogen (secondary N) is 1. The number of benzene rings is 2. The number of alkyl halides is 3. The molecule has 4 aromatic rings. The molecule has 0 saturated heterocycles. The van der Waals surface area contributed by atoms with Crippen molar-refractivity contribution in [2.24, 2.45) is 0 Å². The van der Waals surface area contributed by atoms with Crippen molar-refractivity contribution < 1.29 is 31.2 Å². The second-order valence-corrected chi connectivity index (χ2v) is 7.97. The summed E-state index contributed by atoms with van der Waals surface area (Å²) in [4.78, 5) is 21.2. The van der Waals surface area contributed by atoms with Crippen LogP contribution in [-0.2, 0) is 6.18 Å². The molecule has 0 aliphatic rings. The second kappa shape index (κ2) is 8.39. The summed E-state index contributed by atoms with van der Waals surface area (Å²) in [6.07, 6.45) is -4.57. The number of nitrogens with zero attached hydrogens (tertiary/aromatic N) is 2. The third kappa shape index (κ3) is 4.49. The molecule has 0 saturated carbocycles. The lowest BCUT2D eigenvalue weighted by atomic mass is 10.1. The molecule has 0 atom stereocenters. The molecule has 5 nitrogen and oxygen atoms in total. The fourth-order valence-corrected chi connectivity index (χ4v) is 4.14. The van der Waals surface area contributed by atoms with E-state index in [1.165, 1.54) is 12.1 Å². The van der Waals surface area contributed by atoms with E-state index in [0.29, 0.717) is 11.6 Å². The average Bonchev–Trinajstić information content (AvgIpc) is 3.29. The molecular formula is C22H14F5N3O2S. The van der Waals surface area contributed by atoms with E-state index >= 15 is 0 Å². The first kappa shape index (κ1) is 22.6. The Morgan fingerprint density at radius 1 is 1.03 bits per heavy atom. The quantitative estimate of drug-likeness (QED) is 0.334. The lowest BCUT2D eigenvalue weighted by Gasteiger charge is -2.08. The number of oxazole rings is 1. The first-order valence-corrected chi connectivity index (χ1v) is 10.2. The van der Waals surface area contributed by atoms with E-state index in [0.717, 1.165) is 41.7 Å². The van der Waals surface area contributed by atoms with Crippen LogP contribution in [0.3, 0.4) is 0 Å². The second-order valence-electron chi connectivity index (χ2n) is 6.97. The van der Waals surface area contributed by atoms with Crippen molar-refractivity contribution in [2.45, 2.75) is 20.0 Å². The SMILES string of the molecule is Cc1nc(C)c(-c2nc(NC(=O)c3c(F)cccc3F)sc2-c2cccc(C(F)(F)F)c2)o1. The van der Waals surface area contributed by atoms with Crippen molar-refractivity contribution in [1.82, 2.24) is 9.97 Å². The first-order chi connectivity index (χ1) is 15.5. The Morgan fingerprint density at radius 3 is 2.30 bits per heavy atom. The lowest BCUT2D eigenvalue weighted by Crippen LogP contribution is -2.15. The maximum absolute atomic E-state index is 14.0. The van der Waals surface area contributed by atoms with Gasteiger partial charge in [0.1, 0.15) is 22.9 Å². The number of hydrogen-bond donors (Lipinski definition) is 1. The molecule has 33 heavy (non-hydrogen) atoms. The molecule has 0 spiro atoms. The van der Waals surface area contributed by atoms with E-state index in [-0.39, 0.29) is 27.0 Å². The van der Waals surface area contributed by atoms with E-state index < -0.39 is 34.8 Å². The number of carbonyl (C=O) groups excluding carboxylic acids is 1. The molecule has 2 aromatic heterocycles. The summed E-state index contributed by atoms with van der Waals surface area (Å²) in [6.45, 7) is 3.23. The Morgan fingerprint density at radius 2 is 1.70 bits per heavy atom. The molecule has 1 amide bonds. The van der Waals surface area contributed by atoms with Gasteiger partial charge in [-0.3, -0.25) is 10.1 Å². The maximum atomic E-state index is 14.0. The van der Waals surface area contributed by atoms with Crippen LogP contribution in [0.4, 0.5) is 27.1 Å². The first-order valence-electron chi connectivity index (χ1n) is 9.43. The number of anilines is 1. The zero-order chi connectivity index (χ0) is 23.9. The smallest absolute Gasteiger partial charge is 0.416 e. The van der Waals surface area contributed by atoms with Gasteiger partial charge in [-0.2, -0.15) is 13.2 Å². The highest BCUT2D eigenvalue weighted by atomic mass is 32.1. The monoisotopic (exact) mass is 479 g/mol. The molecule has 2 heterocycles. The predicted molar refractivity (Wildman–Crippen MR) is 112 cm³/mol. The Hall–Kier alpha value is -3.60. The largest absolute Gasteiger partial charge is 0.439 e. The van der Waals surface area contributed by atoms with Crippen LogP contribution in [0.2, 0.25) is 0 Å². The van der Waals surface area contributed by atoms with Crippen molar-refractivity contribution >= 4 is 22.4 Å². The van der Waals surface area contributed by atoms with E-state index in [4.69, 9.17) is 4.42 Å². The Labute approximate surface area is 187 Å². The molecule has 0 aliphatic carbocycles. The maximum Gasteiger partial charge on any atom is 0.416 e. The number of carbonyl (C=O) groups is 1. The van der Waals surface area contributed by atoms with Gasteiger partial charge in [-0.1, -0.05) is 29.5 Å². The molecule has 4 rings (SSSR count). The topological polar surface area (TPSA) is 68.0 Å². The van der Waals surface area contributed by atoms with Crippen LogP contribution < -0.4 is 5.32 Å². The van der Waals surface area contributed by atoms with Crippen molar-refractivity contribution in [2.75, 3.05) is 5.32 Å². The van der Waals surface area contributed by atoms with Crippen LogP contribution in [0.5, 0.6) is 0 Å². The minimum absolute atomic E-state index is 0.0847. The number of hydrogen-bond acceptors (Lipinski definition) is 5. The van der Waals surface area contributed by atoms with E-state index in [2.05, 4.69) is 15.3 Å². The third-order valence-corrected chi connectivity index (χ3v) is 5.63. The molecule has 170 valence electrons. The Kier molecular flexibility index (Phi) is 5.75. The van der Waals surface area contributed by atoms with Gasteiger partial charge in [-0.25, -0.2) is 18.7 Å². The molecule has 0 bridgehead atoms. The molecular weight excluding hydrogens is 465 g/mol. The molecule has 0 unspecified atom stereocenters. The van der Waals surface area contributed by atoms with Crippen LogP contribution in [0.15, 0.2) is 46.9 Å². The number of aromatic nitrogens is 2. The number of halogens is 5. The fraction of sp³-hybridized carbons (Fsp3) is 0.136. The molecule has 11 heteroatoms. The van der Waals surface area contributed by atoms with Gasteiger partial charge in [0.15, 0.2) is 16.8 Å². The third-order valence-electron chi connectivity index (χ3n) is 4.61. The van der Waals surface area contributed by atoms with Gasteiger partial charge in [-0.15, -0.1) is 0 Å². The van der Waals surface area contributed by atoms with Gasteiger partial charge in [-0.05, 0) is 36.8 Å². The van der Waals surface area contributed by atoms with Gasteiger partial charge < -0.3 is 4.42 Å². The number of rotatable bonds is 4. The minimum Gasteiger partial charge on any atom is -0.439 e. The van der Waals surface area contributed by atoms with E-state index in [1.807, 2.05) is 0 Å². The van der Waals surface area contributed by atoms with Gasteiger partial charge in [0, 0.05) is 6.92 Å². The summed E-state index contributed by atoms with van der Waals surface area (Å²) < 4.78 is 73.3. The average molecular weight is 479 g/mol. The molecule has 0 aliphatic heterocycles. The van der Waals surface area contributed by atoms with Crippen molar-refractivity contribution in [1.29, 1.82) is 0 Å². The van der Waals surface area contributed by atoms with Crippen LogP contribution in [0.1, 0.15) is 27.5 Å². The highest BCUT2D eigenvalue weighted by molar-refractivity contribution is 7.19. The molecule has 0 radical (unpaired) electrons. The summed E-state index contributed by atoms with van der Waals surface area (Å²) in [7, 11) is 0. The number of thiazole rings is 1. The van der Waals surface area contributed by atoms with E-state index in [1.54, 1.807) is 13.8 Å². The summed E-state index contributed by atoms with van der Waals surface area (Å²) in [5, 5.41) is 2.23. The molecule has 0 fully saturated rings. The zero-order valence-electron chi connectivity index (χ0n) is 17.1. The molecule has 2 aromatic carbocycles. The van der Waals surface area contributed by atoms with Gasteiger partial charge in [0.05, 0.1) is 16.1 Å². The number of aryl methyl sites for hydroxylation is 2. The van der Waals surface area contributed by atoms with Crippen LogP contribution in [-0.4, -0.2) is 15.9 Å². The normalized spacial score (nSPS) is 11.6. The summed E-state index contributed by atoms with van der Waals surface area (Å²) in [6, 6.07) is 7.54. The fourth-order valence-electron chi connectivity index (χ4n) is 3.19. The van der Waals surface area contributed by atoms with Crippen molar-refractivity contribution in [3.63, 3.8) is 0 Å². The van der Waals surface area contributed by atoms with Crippen molar-refractivity contribution in [3.8, 4) is 21.9 Å². The van der Waals surface area contributed by atoms with E-state index in [9.17, 15) is 26.7 Å². The molecule has 1 N–H and O–H groups in total. The van der Waals surface area contributed by atoms with Crippen molar-refractivity contribution in [3.05, 3.63) is 76.8 Å². The summed E-state index contributed by atoms with van der Waals surface area (Å²) in [5.74, 6) is -2.71. The highest BCUT2D eigenvalue weighted by Crippen LogP contribution is 2.42. The zero-order valence-corrected chi connectivity index (χ0v) is 17.9.